The van der Waals surface area contributed by atoms with Gasteiger partial charge in [0.2, 0.25) is 0 Å². The first kappa shape index (κ1) is 21.2. The second kappa shape index (κ2) is 24.2. The molecule has 0 aromatic carbocycles. The van der Waals surface area contributed by atoms with Gasteiger partial charge >= 0.3 is 43.7 Å². The van der Waals surface area contributed by atoms with Gasteiger partial charge in [0, 0.05) is 0 Å². The predicted octanol–water partition coefficient (Wildman–Crippen LogP) is 2.50. The van der Waals surface area contributed by atoms with Gasteiger partial charge in [0.05, 0.1) is 0 Å². The first-order chi connectivity index (χ1) is 7.50. The Morgan fingerprint density at radius 2 is 1.12 bits per heavy atom. The molecule has 2 nitrogen and oxygen atoms in total. The van der Waals surface area contributed by atoms with Gasteiger partial charge in [-0.05, 0) is 57.8 Å². The molecule has 8 radical (unpaired) electrons. The molecule has 2 aliphatic carbocycles. The van der Waals surface area contributed by atoms with Crippen molar-refractivity contribution in [3.8, 4) is 0 Å². The molecule has 0 spiro atoms. The summed E-state index contributed by atoms with van der Waals surface area (Å²) in [4.78, 5) is 0. The molecule has 1 saturated carbocycles. The van der Waals surface area contributed by atoms with E-state index in [2.05, 4.69) is 38.3 Å². The monoisotopic (exact) mass is 298 g/mol. The first-order valence-corrected chi connectivity index (χ1v) is 4.22. The molecule has 0 heterocycles. The molecule has 0 unspecified atom stereocenters. The third kappa shape index (κ3) is 19.5. The third-order valence-electron chi connectivity index (χ3n) is 1.32. The molecule has 0 saturated heterocycles. The predicted molar refractivity (Wildman–Crippen MR) is 56.0 cm³/mol. The third-order valence-corrected chi connectivity index (χ3v) is 1.32. The van der Waals surface area contributed by atoms with E-state index < -0.39 is 0 Å². The van der Waals surface area contributed by atoms with Crippen molar-refractivity contribution in [2.75, 3.05) is 0 Å². The van der Waals surface area contributed by atoms with Crippen LogP contribution in [0.4, 0.5) is 0 Å². The number of hydrogen-bond donors (Lipinski definition) is 0. The summed E-state index contributed by atoms with van der Waals surface area (Å²) in [6, 6.07) is 0. The summed E-state index contributed by atoms with van der Waals surface area (Å²) in [5.74, 6) is 0. The molecule has 3 heteroatoms. The second-order valence-corrected chi connectivity index (χ2v) is 2.25. The van der Waals surface area contributed by atoms with Crippen LogP contribution in [0.15, 0.2) is 12.2 Å². The molecule has 0 bridgehead atoms. The maximum atomic E-state index is 7.50. The molecule has 0 N–H and O–H groups in total. The molecule has 2 aliphatic rings. The van der Waals surface area contributed by atoms with Crippen molar-refractivity contribution in [2.45, 2.75) is 6.42 Å². The fourth-order valence-corrected chi connectivity index (χ4v) is 0.778. The summed E-state index contributed by atoms with van der Waals surface area (Å²) >= 11 is 0. The summed E-state index contributed by atoms with van der Waals surface area (Å²) in [6.45, 7) is 9.00. The van der Waals surface area contributed by atoms with Crippen LogP contribution in [0.1, 0.15) is 6.42 Å². The minimum Gasteiger partial charge on any atom is -0.0879 e. The summed E-state index contributed by atoms with van der Waals surface area (Å²) in [5, 5.41) is 0. The molecule has 1 fully saturated rings. The SMILES string of the molecule is [C-]#[O+].[C-]#[O+].[CH]1[CH]C=CC[CH]1.[CH]1[CH][CH][CH][CH]1.[Mo+2]. The minimum absolute atomic E-state index is 0. The Hall–Kier alpha value is -0.0917. The van der Waals surface area contributed by atoms with Gasteiger partial charge in [0.1, 0.15) is 0 Å². The van der Waals surface area contributed by atoms with E-state index in [1.165, 1.54) is 0 Å². The van der Waals surface area contributed by atoms with Crippen molar-refractivity contribution in [1.82, 2.24) is 0 Å². The van der Waals surface area contributed by atoms with E-state index in [0.717, 1.165) is 6.42 Å². The molecular weight excluding hydrogens is 284 g/mol. The fraction of sp³-hybridized carbons (Fsp3) is 0.0769. The molecule has 0 aromatic rings. The van der Waals surface area contributed by atoms with E-state index in [0.29, 0.717) is 0 Å². The molecule has 0 amide bonds. The average Bonchev–Trinajstić information content (AvgIpc) is 2.95. The Labute approximate surface area is 114 Å². The molecule has 0 atom stereocenters. The van der Waals surface area contributed by atoms with Crippen molar-refractivity contribution < 1.29 is 30.4 Å². The van der Waals surface area contributed by atoms with Gasteiger partial charge in [0.15, 0.2) is 0 Å². The van der Waals surface area contributed by atoms with Gasteiger partial charge in [-0.2, -0.15) is 0 Å². The minimum atomic E-state index is 0. The summed E-state index contributed by atoms with van der Waals surface area (Å²) in [7, 11) is 0. The van der Waals surface area contributed by atoms with Gasteiger partial charge in [-0.15, -0.1) is 0 Å². The van der Waals surface area contributed by atoms with Gasteiger partial charge in [-0.1, -0.05) is 12.2 Å². The topological polar surface area (TPSA) is 39.8 Å². The van der Waals surface area contributed by atoms with Crippen molar-refractivity contribution in [1.29, 1.82) is 0 Å². The number of allylic oxidation sites excluding steroid dienone is 2. The Bertz CT molecular complexity index is 148. The zero-order chi connectivity index (χ0) is 11.8. The van der Waals surface area contributed by atoms with Crippen LogP contribution in [0.5, 0.6) is 0 Å². The van der Waals surface area contributed by atoms with Crippen molar-refractivity contribution >= 4 is 0 Å². The van der Waals surface area contributed by atoms with E-state index in [-0.39, 0.29) is 21.1 Å². The first-order valence-electron chi connectivity index (χ1n) is 4.22. The van der Waals surface area contributed by atoms with Gasteiger partial charge in [-0.25, -0.2) is 0 Å². The molecule has 80 valence electrons. The van der Waals surface area contributed by atoms with Crippen LogP contribution in [0, 0.1) is 64.7 Å². The van der Waals surface area contributed by atoms with Crippen LogP contribution in [-0.4, -0.2) is 0 Å². The van der Waals surface area contributed by atoms with Crippen LogP contribution < -0.4 is 0 Å². The quantitative estimate of drug-likeness (QED) is 0.374. The van der Waals surface area contributed by atoms with Gasteiger partial charge < -0.3 is 0 Å². The van der Waals surface area contributed by atoms with Crippen LogP contribution >= 0.6 is 0 Å². The molecule has 0 aliphatic heterocycles. The summed E-state index contributed by atoms with van der Waals surface area (Å²) < 4.78 is 15.0. The molecule has 2 rings (SSSR count). The zero-order valence-electron chi connectivity index (χ0n) is 8.71. The smallest absolute Gasteiger partial charge is 0.0879 e. The Morgan fingerprint density at radius 1 is 0.688 bits per heavy atom. The van der Waals surface area contributed by atoms with Crippen molar-refractivity contribution in [3.63, 3.8) is 0 Å². The normalized spacial score (nSPS) is 15.8. The fourth-order valence-electron chi connectivity index (χ4n) is 0.778. The van der Waals surface area contributed by atoms with Crippen LogP contribution in [0.3, 0.4) is 0 Å². The Kier molecular flexibility index (Phi) is 32.1. The van der Waals surface area contributed by atoms with E-state index in [9.17, 15) is 0 Å². The van der Waals surface area contributed by atoms with E-state index in [1.54, 1.807) is 0 Å². The van der Waals surface area contributed by atoms with E-state index in [4.69, 9.17) is 9.30 Å². The van der Waals surface area contributed by atoms with Gasteiger partial charge in [-0.3, -0.25) is 0 Å². The zero-order valence-corrected chi connectivity index (χ0v) is 10.7. The molecular formula is C13H12MoO2+2. The number of rotatable bonds is 0. The summed E-state index contributed by atoms with van der Waals surface area (Å²) in [6.07, 6.45) is 21.5. The van der Waals surface area contributed by atoms with E-state index in [1.807, 2.05) is 38.5 Å². The number of hydrogen-bond acceptors (Lipinski definition) is 0. The Morgan fingerprint density at radius 3 is 1.25 bits per heavy atom. The van der Waals surface area contributed by atoms with Gasteiger partial charge in [0.25, 0.3) is 0 Å². The van der Waals surface area contributed by atoms with Crippen molar-refractivity contribution in [2.24, 2.45) is 0 Å². The van der Waals surface area contributed by atoms with Crippen LogP contribution in [0.25, 0.3) is 0 Å². The maximum absolute atomic E-state index is 7.50. The molecule has 16 heavy (non-hydrogen) atoms. The van der Waals surface area contributed by atoms with Crippen molar-refractivity contribution in [3.05, 3.63) is 76.8 Å². The average molecular weight is 296 g/mol. The second-order valence-electron chi connectivity index (χ2n) is 2.25. The van der Waals surface area contributed by atoms with Crippen LogP contribution in [-0.2, 0) is 30.4 Å². The largest absolute Gasteiger partial charge is 2.00 e. The standard InChI is InChI=1S/C6H7.C5H5.2CO.Mo/c1-2-4-6-5-3-1;1-2-4-5-3-1;2*1-2;/h1-5H,6H2;1-5H;;;/q;;;;+2. The van der Waals surface area contributed by atoms with Crippen LogP contribution in [0.2, 0.25) is 0 Å². The van der Waals surface area contributed by atoms with E-state index >= 15 is 0 Å². The Balaban J connectivity index is -0.000000156. The maximum Gasteiger partial charge on any atom is 2.00 e. The summed E-state index contributed by atoms with van der Waals surface area (Å²) in [5.41, 5.74) is 0. The molecule has 0 aromatic heterocycles.